The lowest BCUT2D eigenvalue weighted by molar-refractivity contribution is -0.146. The Morgan fingerprint density at radius 2 is 2.24 bits per heavy atom. The van der Waals surface area contributed by atoms with Crippen LogP contribution in [0.3, 0.4) is 0 Å². The first kappa shape index (κ1) is 13.2. The van der Waals surface area contributed by atoms with Crippen LogP contribution in [0.1, 0.15) is 38.1 Å². The Labute approximate surface area is 123 Å². The SMILES string of the molecule is O=C(N1CCCC2(CC(n3ccnc3)CO2)C1)C1(F)CC1. The predicted octanol–water partition coefficient (Wildman–Crippen LogP) is 1.71. The van der Waals surface area contributed by atoms with E-state index in [1.165, 1.54) is 0 Å². The van der Waals surface area contributed by atoms with E-state index in [1.807, 2.05) is 6.20 Å². The number of aromatic nitrogens is 2. The molecule has 4 rings (SSSR count). The van der Waals surface area contributed by atoms with Crippen LogP contribution in [0.5, 0.6) is 0 Å². The maximum Gasteiger partial charge on any atom is 0.260 e. The summed E-state index contributed by atoms with van der Waals surface area (Å²) >= 11 is 0. The van der Waals surface area contributed by atoms with E-state index in [4.69, 9.17) is 4.74 Å². The molecule has 0 bridgehead atoms. The van der Waals surface area contributed by atoms with E-state index in [-0.39, 0.29) is 17.6 Å². The molecule has 2 unspecified atom stereocenters. The summed E-state index contributed by atoms with van der Waals surface area (Å²) in [6.07, 6.45) is 8.98. The number of carbonyl (C=O) groups excluding carboxylic acids is 1. The van der Waals surface area contributed by atoms with Crippen LogP contribution in [0.4, 0.5) is 4.39 Å². The highest BCUT2D eigenvalue weighted by Gasteiger charge is 2.55. The van der Waals surface area contributed by atoms with Crippen molar-refractivity contribution < 1.29 is 13.9 Å². The van der Waals surface area contributed by atoms with Gasteiger partial charge in [0.25, 0.3) is 5.91 Å². The first-order valence-corrected chi connectivity index (χ1v) is 7.70. The molecule has 3 fully saturated rings. The third-order valence-electron chi connectivity index (χ3n) is 5.03. The number of rotatable bonds is 2. The van der Waals surface area contributed by atoms with E-state index < -0.39 is 5.67 Å². The summed E-state index contributed by atoms with van der Waals surface area (Å²) in [6, 6.07) is 0.266. The van der Waals surface area contributed by atoms with Crippen molar-refractivity contribution >= 4 is 5.91 Å². The molecule has 2 aliphatic heterocycles. The lowest BCUT2D eigenvalue weighted by Crippen LogP contribution is -2.52. The predicted molar refractivity (Wildman–Crippen MR) is 73.5 cm³/mol. The number of hydrogen-bond acceptors (Lipinski definition) is 3. The Bertz CT molecular complexity index is 543. The summed E-state index contributed by atoms with van der Waals surface area (Å²) in [7, 11) is 0. The first-order chi connectivity index (χ1) is 10.1. The lowest BCUT2D eigenvalue weighted by Gasteiger charge is -2.40. The molecule has 0 aromatic carbocycles. The molecule has 1 spiro atoms. The van der Waals surface area contributed by atoms with Crippen molar-refractivity contribution in [2.75, 3.05) is 19.7 Å². The summed E-state index contributed by atoms with van der Waals surface area (Å²) in [5.74, 6) is -0.323. The molecular weight excluding hydrogens is 273 g/mol. The van der Waals surface area contributed by atoms with E-state index in [2.05, 4.69) is 9.55 Å². The fraction of sp³-hybridized carbons (Fsp3) is 0.733. The highest BCUT2D eigenvalue weighted by molar-refractivity contribution is 5.88. The number of imidazole rings is 1. The van der Waals surface area contributed by atoms with Crippen LogP contribution in [0.2, 0.25) is 0 Å². The number of halogens is 1. The maximum absolute atomic E-state index is 14.0. The summed E-state index contributed by atoms with van der Waals surface area (Å²) in [6.45, 7) is 1.83. The normalized spacial score (nSPS) is 34.3. The van der Waals surface area contributed by atoms with Gasteiger partial charge in [0.15, 0.2) is 5.67 Å². The fourth-order valence-electron chi connectivity index (χ4n) is 3.66. The number of nitrogens with zero attached hydrogens (tertiary/aromatic N) is 3. The Morgan fingerprint density at radius 3 is 2.95 bits per heavy atom. The fourth-order valence-corrected chi connectivity index (χ4v) is 3.66. The molecule has 3 heterocycles. The zero-order valence-electron chi connectivity index (χ0n) is 12.0. The number of carbonyl (C=O) groups is 1. The van der Waals surface area contributed by atoms with Gasteiger partial charge in [-0.3, -0.25) is 4.79 Å². The van der Waals surface area contributed by atoms with E-state index in [0.29, 0.717) is 32.5 Å². The van der Waals surface area contributed by atoms with Gasteiger partial charge in [0.1, 0.15) is 0 Å². The molecule has 2 saturated heterocycles. The zero-order valence-corrected chi connectivity index (χ0v) is 12.0. The molecule has 1 saturated carbocycles. The van der Waals surface area contributed by atoms with E-state index >= 15 is 0 Å². The second kappa shape index (κ2) is 4.53. The second-order valence-corrected chi connectivity index (χ2v) is 6.66. The number of ether oxygens (including phenoxy) is 1. The average Bonchev–Trinajstić information content (AvgIpc) is 2.94. The van der Waals surface area contributed by atoms with Crippen LogP contribution in [-0.2, 0) is 9.53 Å². The molecule has 5 nitrogen and oxygen atoms in total. The van der Waals surface area contributed by atoms with Gasteiger partial charge in [-0.15, -0.1) is 0 Å². The van der Waals surface area contributed by atoms with Gasteiger partial charge in [0.2, 0.25) is 0 Å². The Kier molecular flexibility index (Phi) is 2.86. The van der Waals surface area contributed by atoms with Crippen molar-refractivity contribution in [1.82, 2.24) is 14.5 Å². The third kappa shape index (κ3) is 2.25. The van der Waals surface area contributed by atoms with Crippen molar-refractivity contribution in [1.29, 1.82) is 0 Å². The third-order valence-corrected chi connectivity index (χ3v) is 5.03. The van der Waals surface area contributed by atoms with Gasteiger partial charge in [0, 0.05) is 31.9 Å². The van der Waals surface area contributed by atoms with Crippen LogP contribution in [0.15, 0.2) is 18.7 Å². The van der Waals surface area contributed by atoms with Crippen LogP contribution < -0.4 is 0 Å². The van der Waals surface area contributed by atoms with Crippen molar-refractivity contribution in [3.63, 3.8) is 0 Å². The first-order valence-electron chi connectivity index (χ1n) is 7.70. The van der Waals surface area contributed by atoms with Crippen molar-refractivity contribution in [3.05, 3.63) is 18.7 Å². The second-order valence-electron chi connectivity index (χ2n) is 6.66. The van der Waals surface area contributed by atoms with Crippen molar-refractivity contribution in [3.8, 4) is 0 Å². The van der Waals surface area contributed by atoms with E-state index in [0.717, 1.165) is 19.3 Å². The van der Waals surface area contributed by atoms with E-state index in [1.54, 1.807) is 17.4 Å². The molecule has 1 aromatic heterocycles. The summed E-state index contributed by atoms with van der Waals surface area (Å²) in [5.41, 5.74) is -1.87. The molecule has 2 atom stereocenters. The van der Waals surface area contributed by atoms with Crippen LogP contribution >= 0.6 is 0 Å². The molecule has 114 valence electrons. The molecule has 3 aliphatic rings. The van der Waals surface area contributed by atoms with Gasteiger partial charge < -0.3 is 14.2 Å². The molecule has 0 radical (unpaired) electrons. The number of alkyl halides is 1. The number of hydrogen-bond donors (Lipinski definition) is 0. The van der Waals surface area contributed by atoms with Crippen molar-refractivity contribution in [2.45, 2.75) is 49.4 Å². The molecule has 1 aromatic rings. The lowest BCUT2D eigenvalue weighted by atomic mass is 9.88. The van der Waals surface area contributed by atoms with E-state index in [9.17, 15) is 9.18 Å². The van der Waals surface area contributed by atoms with Gasteiger partial charge in [0.05, 0.1) is 24.6 Å². The average molecular weight is 293 g/mol. The van der Waals surface area contributed by atoms with Crippen LogP contribution in [0.25, 0.3) is 0 Å². The quantitative estimate of drug-likeness (QED) is 0.834. The zero-order chi connectivity index (χ0) is 14.5. The van der Waals surface area contributed by atoms with Crippen LogP contribution in [-0.4, -0.2) is 51.3 Å². The monoisotopic (exact) mass is 293 g/mol. The smallest absolute Gasteiger partial charge is 0.260 e. The maximum atomic E-state index is 14.0. The minimum absolute atomic E-state index is 0.266. The molecule has 1 aliphatic carbocycles. The molecule has 21 heavy (non-hydrogen) atoms. The summed E-state index contributed by atoms with van der Waals surface area (Å²) in [4.78, 5) is 18.0. The highest BCUT2D eigenvalue weighted by Crippen LogP contribution is 2.44. The Hall–Kier alpha value is -1.43. The minimum Gasteiger partial charge on any atom is -0.371 e. The summed E-state index contributed by atoms with van der Waals surface area (Å²) < 4.78 is 22.1. The minimum atomic E-state index is -1.57. The van der Waals surface area contributed by atoms with Crippen LogP contribution in [0, 0.1) is 0 Å². The molecular formula is C15H20FN3O2. The Morgan fingerprint density at radius 1 is 1.38 bits per heavy atom. The highest BCUT2D eigenvalue weighted by atomic mass is 19.1. The number of amides is 1. The topological polar surface area (TPSA) is 47.4 Å². The van der Waals surface area contributed by atoms with Gasteiger partial charge in [-0.05, 0) is 25.7 Å². The molecule has 1 amide bonds. The van der Waals surface area contributed by atoms with Gasteiger partial charge >= 0.3 is 0 Å². The largest absolute Gasteiger partial charge is 0.371 e. The van der Waals surface area contributed by atoms with Crippen molar-refractivity contribution in [2.24, 2.45) is 0 Å². The molecule has 6 heteroatoms. The van der Waals surface area contributed by atoms with Gasteiger partial charge in [-0.2, -0.15) is 0 Å². The number of piperidine rings is 1. The molecule has 0 N–H and O–H groups in total. The Balaban J connectivity index is 1.47. The standard InChI is InChI=1S/C15H20FN3O2/c16-15(3-4-15)13(20)18-6-1-2-14(10-18)8-12(9-21-14)19-7-5-17-11-19/h5,7,11-12H,1-4,6,8-10H2. The summed E-state index contributed by atoms with van der Waals surface area (Å²) in [5, 5.41) is 0. The number of likely N-dealkylation sites (tertiary alicyclic amines) is 1. The van der Waals surface area contributed by atoms with Gasteiger partial charge in [-0.1, -0.05) is 0 Å². The van der Waals surface area contributed by atoms with Gasteiger partial charge in [-0.25, -0.2) is 9.37 Å².